The smallest absolute Gasteiger partial charge is 0.323 e. The van der Waals surface area contributed by atoms with Crippen molar-refractivity contribution in [1.29, 1.82) is 0 Å². The van der Waals surface area contributed by atoms with E-state index < -0.39 is 0 Å². The summed E-state index contributed by atoms with van der Waals surface area (Å²) in [6.45, 7) is 6.26. The molecule has 0 radical (unpaired) electrons. The third-order valence-corrected chi connectivity index (χ3v) is 4.32. The molecule has 0 unspecified atom stereocenters. The molecule has 2 aromatic carbocycles. The summed E-state index contributed by atoms with van der Waals surface area (Å²) in [4.78, 5) is 18.7. The summed E-state index contributed by atoms with van der Waals surface area (Å²) in [7, 11) is 0. The van der Waals surface area contributed by atoms with Gasteiger partial charge in [-0.3, -0.25) is 0 Å². The van der Waals surface area contributed by atoms with Gasteiger partial charge in [-0.1, -0.05) is 18.2 Å². The highest BCUT2D eigenvalue weighted by molar-refractivity contribution is 5.99. The number of nitrogens with one attached hydrogen (secondary N) is 3. The van der Waals surface area contributed by atoms with Crippen LogP contribution in [0, 0.1) is 0 Å². The van der Waals surface area contributed by atoms with Crippen molar-refractivity contribution in [2.45, 2.75) is 13.8 Å². The third-order valence-electron chi connectivity index (χ3n) is 4.32. The lowest BCUT2D eigenvalue weighted by Gasteiger charge is -2.21. The molecule has 0 aliphatic rings. The lowest BCUT2D eigenvalue weighted by atomic mass is 10.2. The van der Waals surface area contributed by atoms with Gasteiger partial charge in [0.25, 0.3) is 0 Å². The van der Waals surface area contributed by atoms with Crippen LogP contribution >= 0.6 is 0 Å². The minimum atomic E-state index is -0.305. The number of para-hydroxylation sites is 1. The minimum absolute atomic E-state index is 0.305. The maximum Gasteiger partial charge on any atom is 0.323 e. The number of carbonyl (C=O) groups is 1. The van der Waals surface area contributed by atoms with E-state index in [-0.39, 0.29) is 6.03 Å². The van der Waals surface area contributed by atoms with E-state index in [1.54, 1.807) is 6.20 Å². The van der Waals surface area contributed by atoms with Crippen LogP contribution in [-0.4, -0.2) is 24.1 Å². The summed E-state index contributed by atoms with van der Waals surface area (Å²) in [5.74, 6) is 0.713. The normalized spacial score (nSPS) is 10.2. The van der Waals surface area contributed by atoms with E-state index >= 15 is 0 Å². The molecule has 0 atom stereocenters. The Morgan fingerprint density at radius 3 is 2.07 bits per heavy atom. The quantitative estimate of drug-likeness (QED) is 0.523. The predicted octanol–water partition coefficient (Wildman–Crippen LogP) is 5.32. The first-order valence-corrected chi connectivity index (χ1v) is 9.39. The van der Waals surface area contributed by atoms with Crippen molar-refractivity contribution >= 4 is 34.6 Å². The van der Waals surface area contributed by atoms with Crippen LogP contribution in [0.4, 0.5) is 33.4 Å². The van der Waals surface area contributed by atoms with E-state index in [1.165, 1.54) is 5.69 Å². The second-order valence-corrected chi connectivity index (χ2v) is 6.22. The van der Waals surface area contributed by atoms with Crippen LogP contribution in [0.1, 0.15) is 13.8 Å². The molecule has 2 amide bonds. The van der Waals surface area contributed by atoms with E-state index in [9.17, 15) is 4.79 Å². The van der Waals surface area contributed by atoms with E-state index in [4.69, 9.17) is 0 Å². The number of hydrogen-bond donors (Lipinski definition) is 3. The number of pyridine rings is 1. The highest BCUT2D eigenvalue weighted by Gasteiger charge is 2.04. The zero-order chi connectivity index (χ0) is 19.8. The van der Waals surface area contributed by atoms with Crippen molar-refractivity contribution in [1.82, 2.24) is 4.98 Å². The molecule has 1 aromatic heterocycles. The number of benzene rings is 2. The standard InChI is InChI=1S/C22H25N5O/c1-3-27(4-2)20-13-10-18(11-14-20)24-21-15-12-19(16-23-21)26-22(28)25-17-8-6-5-7-9-17/h5-16H,3-4H2,1-2H3,(H,23,24)(H2,25,26,28). The zero-order valence-electron chi connectivity index (χ0n) is 16.1. The first kappa shape index (κ1) is 19.2. The lowest BCUT2D eigenvalue weighted by molar-refractivity contribution is 0.262. The first-order chi connectivity index (χ1) is 13.7. The number of hydrogen-bond acceptors (Lipinski definition) is 4. The molecule has 0 saturated carbocycles. The number of anilines is 5. The number of nitrogens with zero attached hydrogens (tertiary/aromatic N) is 2. The first-order valence-electron chi connectivity index (χ1n) is 9.39. The highest BCUT2D eigenvalue weighted by Crippen LogP contribution is 2.21. The van der Waals surface area contributed by atoms with Crippen LogP contribution in [0.15, 0.2) is 72.9 Å². The molecule has 0 fully saturated rings. The van der Waals surface area contributed by atoms with Crippen LogP contribution < -0.4 is 20.9 Å². The van der Waals surface area contributed by atoms with Crippen molar-refractivity contribution in [2.75, 3.05) is 33.9 Å². The second kappa shape index (κ2) is 9.41. The van der Waals surface area contributed by atoms with Gasteiger partial charge in [0.15, 0.2) is 0 Å². The van der Waals surface area contributed by atoms with Gasteiger partial charge in [-0.05, 0) is 62.4 Å². The van der Waals surface area contributed by atoms with Crippen molar-refractivity contribution in [2.24, 2.45) is 0 Å². The fourth-order valence-corrected chi connectivity index (χ4v) is 2.85. The van der Waals surface area contributed by atoms with Gasteiger partial charge < -0.3 is 20.9 Å². The summed E-state index contributed by atoms with van der Waals surface area (Å²) >= 11 is 0. The Kier molecular flexibility index (Phi) is 6.46. The highest BCUT2D eigenvalue weighted by atomic mass is 16.2. The molecule has 1 heterocycles. The Hall–Kier alpha value is -3.54. The molecule has 0 spiro atoms. The molecule has 6 nitrogen and oxygen atoms in total. The maximum absolute atomic E-state index is 12.0. The fourth-order valence-electron chi connectivity index (χ4n) is 2.85. The lowest BCUT2D eigenvalue weighted by Crippen LogP contribution is -2.21. The molecule has 3 N–H and O–H groups in total. The monoisotopic (exact) mass is 375 g/mol. The van der Waals surface area contributed by atoms with Gasteiger partial charge >= 0.3 is 6.03 Å². The molecule has 0 aliphatic heterocycles. The molecule has 6 heteroatoms. The number of carbonyl (C=O) groups excluding carboxylic acids is 1. The van der Waals surface area contributed by atoms with Crippen molar-refractivity contribution in [3.8, 4) is 0 Å². The number of amides is 2. The van der Waals surface area contributed by atoms with Crippen molar-refractivity contribution in [3.63, 3.8) is 0 Å². The van der Waals surface area contributed by atoms with Crippen LogP contribution in [0.3, 0.4) is 0 Å². The van der Waals surface area contributed by atoms with Crippen molar-refractivity contribution < 1.29 is 4.79 Å². The minimum Gasteiger partial charge on any atom is -0.372 e. The predicted molar refractivity (Wildman–Crippen MR) is 117 cm³/mol. The molecule has 3 aromatic rings. The van der Waals surface area contributed by atoms with Gasteiger partial charge in [0.05, 0.1) is 11.9 Å². The van der Waals surface area contributed by atoms with E-state index in [0.29, 0.717) is 11.5 Å². The Bertz CT molecular complexity index is 875. The molecule has 3 rings (SSSR count). The van der Waals surface area contributed by atoms with Crippen LogP contribution in [0.5, 0.6) is 0 Å². The zero-order valence-corrected chi connectivity index (χ0v) is 16.1. The van der Waals surface area contributed by atoms with Crippen LogP contribution in [-0.2, 0) is 0 Å². The van der Waals surface area contributed by atoms with Gasteiger partial charge in [0, 0.05) is 30.2 Å². The maximum atomic E-state index is 12.0. The number of rotatable bonds is 7. The summed E-state index contributed by atoms with van der Waals surface area (Å²) in [5, 5.41) is 8.81. The molecule has 0 saturated heterocycles. The number of urea groups is 1. The largest absolute Gasteiger partial charge is 0.372 e. The van der Waals surface area contributed by atoms with Gasteiger partial charge in [0.2, 0.25) is 0 Å². The topological polar surface area (TPSA) is 69.3 Å². The van der Waals surface area contributed by atoms with E-state index in [1.807, 2.05) is 54.6 Å². The average molecular weight is 375 g/mol. The molecule has 0 bridgehead atoms. The van der Waals surface area contributed by atoms with Gasteiger partial charge in [-0.2, -0.15) is 0 Å². The Balaban J connectivity index is 1.56. The van der Waals surface area contributed by atoms with E-state index in [0.717, 1.165) is 24.5 Å². The summed E-state index contributed by atoms with van der Waals surface area (Å²) in [6, 6.07) is 20.9. The molecular weight excluding hydrogens is 350 g/mol. The third kappa shape index (κ3) is 5.23. The molecular formula is C22H25N5O. The second-order valence-electron chi connectivity index (χ2n) is 6.22. The molecule has 0 aliphatic carbocycles. The van der Waals surface area contributed by atoms with Crippen molar-refractivity contribution in [3.05, 3.63) is 72.9 Å². The number of aromatic nitrogens is 1. The molecule has 28 heavy (non-hydrogen) atoms. The SMILES string of the molecule is CCN(CC)c1ccc(Nc2ccc(NC(=O)Nc3ccccc3)cn2)cc1. The van der Waals surface area contributed by atoms with Crippen LogP contribution in [0.25, 0.3) is 0 Å². The summed E-state index contributed by atoms with van der Waals surface area (Å²) < 4.78 is 0. The van der Waals surface area contributed by atoms with Gasteiger partial charge in [-0.25, -0.2) is 9.78 Å². The summed E-state index contributed by atoms with van der Waals surface area (Å²) in [5.41, 5.74) is 3.52. The Labute approximate surface area is 165 Å². The van der Waals surface area contributed by atoms with E-state index in [2.05, 4.69) is 51.8 Å². The van der Waals surface area contributed by atoms with Crippen LogP contribution in [0.2, 0.25) is 0 Å². The Morgan fingerprint density at radius 1 is 0.821 bits per heavy atom. The molecule has 144 valence electrons. The summed E-state index contributed by atoms with van der Waals surface area (Å²) in [6.07, 6.45) is 1.62. The Morgan fingerprint density at radius 2 is 1.46 bits per heavy atom. The van der Waals surface area contributed by atoms with Gasteiger partial charge in [0.1, 0.15) is 5.82 Å². The van der Waals surface area contributed by atoms with Gasteiger partial charge in [-0.15, -0.1) is 0 Å². The average Bonchev–Trinajstić information content (AvgIpc) is 2.72. The fraction of sp³-hybridized carbons (Fsp3) is 0.182.